The minimum absolute atomic E-state index is 0.227. The van der Waals surface area contributed by atoms with E-state index >= 15 is 0 Å². The number of nitrogens with zero attached hydrogens (tertiary/aromatic N) is 3. The number of benzene rings is 2. The Morgan fingerprint density at radius 1 is 1.21 bits per heavy atom. The molecule has 8 nitrogen and oxygen atoms in total. The molecule has 2 aromatic carbocycles. The third kappa shape index (κ3) is 3.71. The fourth-order valence-corrected chi connectivity index (χ4v) is 4.72. The van der Waals surface area contributed by atoms with E-state index < -0.39 is 17.5 Å². The molecular formula is C25H25N5O3. The molecule has 2 unspecified atom stereocenters. The lowest BCUT2D eigenvalue weighted by atomic mass is 9.90. The Bertz CT molecular complexity index is 1290. The van der Waals surface area contributed by atoms with Crippen molar-refractivity contribution in [2.24, 2.45) is 0 Å². The van der Waals surface area contributed by atoms with Crippen LogP contribution in [0.5, 0.6) is 0 Å². The Balaban J connectivity index is 1.33. The third-order valence-electron chi connectivity index (χ3n) is 6.54. The first kappa shape index (κ1) is 21.1. The molecule has 4 amide bonds. The molecule has 0 bridgehead atoms. The molecule has 2 heterocycles. The topological polar surface area (TPSA) is 104 Å². The Labute approximate surface area is 191 Å². The van der Waals surface area contributed by atoms with Crippen LogP contribution in [0, 0.1) is 6.92 Å². The van der Waals surface area contributed by atoms with Gasteiger partial charge in [0, 0.05) is 17.5 Å². The van der Waals surface area contributed by atoms with E-state index in [4.69, 9.17) is 0 Å². The van der Waals surface area contributed by atoms with E-state index in [0.29, 0.717) is 11.4 Å². The van der Waals surface area contributed by atoms with Gasteiger partial charge in [-0.1, -0.05) is 36.4 Å². The molecule has 1 aliphatic carbocycles. The number of nitrogens with one attached hydrogen (secondary N) is 2. The van der Waals surface area contributed by atoms with Crippen LogP contribution >= 0.6 is 0 Å². The monoisotopic (exact) mass is 443 g/mol. The first-order valence-corrected chi connectivity index (χ1v) is 11.1. The molecule has 33 heavy (non-hydrogen) atoms. The van der Waals surface area contributed by atoms with E-state index in [1.165, 1.54) is 0 Å². The quantitative estimate of drug-likeness (QED) is 0.604. The molecule has 2 N–H and O–H groups in total. The minimum atomic E-state index is -1.23. The molecule has 1 aliphatic heterocycles. The van der Waals surface area contributed by atoms with Crippen molar-refractivity contribution in [1.82, 2.24) is 25.5 Å². The number of imide groups is 1. The Kier molecular flexibility index (Phi) is 5.08. The van der Waals surface area contributed by atoms with Crippen LogP contribution in [0.15, 0.2) is 48.7 Å². The van der Waals surface area contributed by atoms with Crippen molar-refractivity contribution in [2.45, 2.75) is 44.7 Å². The standard InChI is InChI=1S/C25H25N5O3/c1-15-26-13-19-20(27-15)8-5-9-21(19)28-22(31)14-30-23(32)25(2,29-24(30)33)18-11-10-16-6-3-4-7-17(16)12-18/h3-4,6-7,10-13,21H,5,8-9,14H2,1-2H3,(H,28,31)(H,29,33). The zero-order valence-corrected chi connectivity index (χ0v) is 18.6. The number of rotatable bonds is 4. The summed E-state index contributed by atoms with van der Waals surface area (Å²) in [4.78, 5) is 48.5. The summed E-state index contributed by atoms with van der Waals surface area (Å²) >= 11 is 0. The van der Waals surface area contributed by atoms with Crippen molar-refractivity contribution in [2.75, 3.05) is 6.54 Å². The fourth-order valence-electron chi connectivity index (χ4n) is 4.72. The van der Waals surface area contributed by atoms with E-state index in [1.54, 1.807) is 13.1 Å². The number of amides is 4. The predicted octanol–water partition coefficient (Wildman–Crippen LogP) is 2.90. The lowest BCUT2D eigenvalue weighted by Gasteiger charge is -2.26. The highest BCUT2D eigenvalue weighted by atomic mass is 16.2. The summed E-state index contributed by atoms with van der Waals surface area (Å²) < 4.78 is 0. The number of aromatic nitrogens is 2. The van der Waals surface area contributed by atoms with Gasteiger partial charge in [0.05, 0.1) is 6.04 Å². The van der Waals surface area contributed by atoms with Gasteiger partial charge < -0.3 is 10.6 Å². The average molecular weight is 444 g/mol. The summed E-state index contributed by atoms with van der Waals surface area (Å²) in [5, 5.41) is 7.76. The van der Waals surface area contributed by atoms with Crippen LogP contribution in [0.25, 0.3) is 10.8 Å². The molecule has 5 rings (SSSR count). The van der Waals surface area contributed by atoms with Gasteiger partial charge in [0.15, 0.2) is 0 Å². The molecule has 3 aromatic rings. The number of hydrogen-bond acceptors (Lipinski definition) is 5. The van der Waals surface area contributed by atoms with Crippen LogP contribution in [-0.2, 0) is 21.5 Å². The van der Waals surface area contributed by atoms with Crippen molar-refractivity contribution in [3.05, 3.63) is 71.3 Å². The maximum atomic E-state index is 13.3. The number of carbonyl (C=O) groups excluding carboxylic acids is 3. The Morgan fingerprint density at radius 3 is 2.82 bits per heavy atom. The lowest BCUT2D eigenvalue weighted by molar-refractivity contribution is -0.135. The van der Waals surface area contributed by atoms with Crippen LogP contribution in [0.3, 0.4) is 0 Å². The van der Waals surface area contributed by atoms with Crippen molar-refractivity contribution in [3.8, 4) is 0 Å². The van der Waals surface area contributed by atoms with Gasteiger partial charge in [0.25, 0.3) is 5.91 Å². The summed E-state index contributed by atoms with van der Waals surface area (Å²) in [5.41, 5.74) is 1.29. The van der Waals surface area contributed by atoms with Gasteiger partial charge >= 0.3 is 6.03 Å². The molecule has 0 spiro atoms. The molecule has 0 saturated carbocycles. The van der Waals surface area contributed by atoms with Gasteiger partial charge in [-0.15, -0.1) is 0 Å². The number of urea groups is 1. The second-order valence-corrected chi connectivity index (χ2v) is 8.84. The van der Waals surface area contributed by atoms with Gasteiger partial charge in [0.2, 0.25) is 5.91 Å². The lowest BCUT2D eigenvalue weighted by Crippen LogP contribution is -2.44. The van der Waals surface area contributed by atoms with Gasteiger partial charge in [-0.25, -0.2) is 14.8 Å². The van der Waals surface area contributed by atoms with Crippen molar-refractivity contribution in [1.29, 1.82) is 0 Å². The smallest absolute Gasteiger partial charge is 0.325 e. The van der Waals surface area contributed by atoms with E-state index in [-0.39, 0.29) is 18.5 Å². The van der Waals surface area contributed by atoms with Crippen LogP contribution in [0.2, 0.25) is 0 Å². The zero-order chi connectivity index (χ0) is 23.2. The van der Waals surface area contributed by atoms with Gasteiger partial charge in [-0.05, 0) is 55.5 Å². The van der Waals surface area contributed by atoms with Crippen LogP contribution < -0.4 is 10.6 Å². The molecular weight excluding hydrogens is 418 g/mol. The molecule has 1 aromatic heterocycles. The molecule has 0 radical (unpaired) electrons. The number of hydrogen-bond donors (Lipinski definition) is 2. The van der Waals surface area contributed by atoms with Gasteiger partial charge in [-0.3, -0.25) is 14.5 Å². The highest BCUT2D eigenvalue weighted by Gasteiger charge is 2.49. The van der Waals surface area contributed by atoms with Crippen LogP contribution in [-0.4, -0.2) is 39.3 Å². The maximum Gasteiger partial charge on any atom is 0.325 e. The van der Waals surface area contributed by atoms with Crippen LogP contribution in [0.1, 0.15) is 48.5 Å². The van der Waals surface area contributed by atoms with Crippen LogP contribution in [0.4, 0.5) is 4.79 Å². The number of aryl methyl sites for hydroxylation is 2. The third-order valence-corrected chi connectivity index (χ3v) is 6.54. The Hall–Kier alpha value is -3.81. The van der Waals surface area contributed by atoms with E-state index in [2.05, 4.69) is 20.6 Å². The molecule has 168 valence electrons. The number of fused-ring (bicyclic) bond motifs is 2. The van der Waals surface area contributed by atoms with Crippen molar-refractivity contribution >= 4 is 28.6 Å². The molecule has 8 heteroatoms. The minimum Gasteiger partial charge on any atom is -0.348 e. The first-order valence-electron chi connectivity index (χ1n) is 11.1. The highest BCUT2D eigenvalue weighted by molar-refractivity contribution is 6.09. The first-order chi connectivity index (χ1) is 15.8. The second-order valence-electron chi connectivity index (χ2n) is 8.84. The fraction of sp³-hybridized carbons (Fsp3) is 0.320. The highest BCUT2D eigenvalue weighted by Crippen LogP contribution is 2.31. The van der Waals surface area contributed by atoms with E-state index in [9.17, 15) is 14.4 Å². The largest absolute Gasteiger partial charge is 0.348 e. The summed E-state index contributed by atoms with van der Waals surface area (Å²) in [7, 11) is 0. The van der Waals surface area contributed by atoms with E-state index in [0.717, 1.165) is 46.2 Å². The zero-order valence-electron chi connectivity index (χ0n) is 18.6. The summed E-state index contributed by atoms with van der Waals surface area (Å²) in [5.74, 6) is -0.131. The summed E-state index contributed by atoms with van der Waals surface area (Å²) in [6, 6.07) is 12.7. The molecule has 2 atom stereocenters. The molecule has 1 fully saturated rings. The summed E-state index contributed by atoms with van der Waals surface area (Å²) in [6.45, 7) is 3.17. The van der Waals surface area contributed by atoms with Gasteiger partial charge in [-0.2, -0.15) is 0 Å². The van der Waals surface area contributed by atoms with Gasteiger partial charge in [0.1, 0.15) is 17.9 Å². The van der Waals surface area contributed by atoms with E-state index in [1.807, 2.05) is 49.4 Å². The predicted molar refractivity (Wildman–Crippen MR) is 122 cm³/mol. The second kappa shape index (κ2) is 7.95. The SMILES string of the molecule is Cc1ncc2c(n1)CCCC2NC(=O)CN1C(=O)NC(C)(c2ccc3ccccc3c2)C1=O. The van der Waals surface area contributed by atoms with Crippen molar-refractivity contribution in [3.63, 3.8) is 0 Å². The molecule has 2 aliphatic rings. The maximum absolute atomic E-state index is 13.3. The Morgan fingerprint density at radius 2 is 2.00 bits per heavy atom. The summed E-state index contributed by atoms with van der Waals surface area (Å²) in [6.07, 6.45) is 4.27. The molecule has 1 saturated heterocycles. The van der Waals surface area contributed by atoms with Crippen molar-refractivity contribution < 1.29 is 14.4 Å². The normalized spacial score (nSPS) is 22.2. The average Bonchev–Trinajstić information content (AvgIpc) is 3.02. The number of carbonyl (C=O) groups is 3.